The zero-order valence-corrected chi connectivity index (χ0v) is 16.7. The Kier molecular flexibility index (Phi) is 5.23. The molecule has 3 aromatic rings. The predicted octanol–water partition coefficient (Wildman–Crippen LogP) is 2.41. The molecule has 1 aromatic carbocycles. The maximum Gasteiger partial charge on any atom is 0.241 e. The molecule has 1 atom stereocenters. The lowest BCUT2D eigenvalue weighted by molar-refractivity contribution is -0.128. The normalized spacial score (nSPS) is 16.5. The van der Waals surface area contributed by atoms with Crippen molar-refractivity contribution in [2.24, 2.45) is 0 Å². The summed E-state index contributed by atoms with van der Waals surface area (Å²) in [5.74, 6) is 0.0275. The number of fused-ring (bicyclic) bond motifs is 1. The van der Waals surface area contributed by atoms with Gasteiger partial charge in [-0.15, -0.1) is 0 Å². The Balaban J connectivity index is 1.37. The topological polar surface area (TPSA) is 79.2 Å². The van der Waals surface area contributed by atoms with E-state index in [2.05, 4.69) is 20.4 Å². The van der Waals surface area contributed by atoms with E-state index in [1.807, 2.05) is 17.0 Å². The van der Waals surface area contributed by atoms with Crippen molar-refractivity contribution < 1.29 is 4.79 Å². The fraction of sp³-hybridized carbons (Fsp3) is 0.333. The van der Waals surface area contributed by atoms with Gasteiger partial charge in [0.2, 0.25) is 5.91 Å². The highest BCUT2D eigenvalue weighted by molar-refractivity contribution is 6.35. The molecule has 1 aliphatic rings. The fourth-order valence-electron chi connectivity index (χ4n) is 3.37. The van der Waals surface area contributed by atoms with Crippen molar-refractivity contribution in [2.45, 2.75) is 12.5 Å². The Morgan fingerprint density at radius 1 is 1.29 bits per heavy atom. The lowest BCUT2D eigenvalue weighted by atomic mass is 10.2. The van der Waals surface area contributed by atoms with Crippen molar-refractivity contribution in [1.29, 1.82) is 0 Å². The zero-order chi connectivity index (χ0) is 19.7. The number of anilines is 1. The molecule has 2 aromatic heterocycles. The van der Waals surface area contributed by atoms with E-state index >= 15 is 0 Å². The third-order valence-electron chi connectivity index (χ3n) is 4.86. The molecule has 1 aliphatic heterocycles. The first-order valence-electron chi connectivity index (χ1n) is 8.86. The quantitative estimate of drug-likeness (QED) is 0.683. The summed E-state index contributed by atoms with van der Waals surface area (Å²) in [4.78, 5) is 24.5. The molecule has 1 fully saturated rings. The molecular weight excluding hydrogens is 401 g/mol. The number of hydrogen-bond donors (Lipinski definition) is 1. The molecule has 0 spiro atoms. The molecule has 0 saturated carbocycles. The van der Waals surface area contributed by atoms with Crippen LogP contribution in [0.1, 0.15) is 6.42 Å². The van der Waals surface area contributed by atoms with Crippen LogP contribution in [0.15, 0.2) is 36.9 Å². The smallest absolute Gasteiger partial charge is 0.241 e. The van der Waals surface area contributed by atoms with Gasteiger partial charge in [0.15, 0.2) is 5.65 Å². The van der Waals surface area contributed by atoms with Crippen LogP contribution in [0.5, 0.6) is 0 Å². The number of carbonyl (C=O) groups is 1. The standard InChI is InChI=1S/C18H19Cl2N7O/c1-25(27-18-12(8-24-27)7-21-11-23-18)16-2-3-26(10-16)17(28)9-22-15-5-13(19)4-14(20)6-15/h4-8,11,16,22H,2-3,9-10H2,1H3/t16-/m1/s1. The molecule has 0 bridgehead atoms. The molecule has 1 N–H and O–H groups in total. The van der Waals surface area contributed by atoms with Crippen LogP contribution in [0, 0.1) is 0 Å². The highest BCUT2D eigenvalue weighted by Crippen LogP contribution is 2.22. The van der Waals surface area contributed by atoms with Gasteiger partial charge in [0.25, 0.3) is 0 Å². The molecule has 0 unspecified atom stereocenters. The van der Waals surface area contributed by atoms with Gasteiger partial charge >= 0.3 is 0 Å². The van der Waals surface area contributed by atoms with Gasteiger partial charge in [-0.2, -0.15) is 9.89 Å². The van der Waals surface area contributed by atoms with Crippen LogP contribution >= 0.6 is 23.2 Å². The Morgan fingerprint density at radius 2 is 2.07 bits per heavy atom. The van der Waals surface area contributed by atoms with Crippen molar-refractivity contribution in [3.8, 4) is 0 Å². The number of rotatable bonds is 5. The molecule has 10 heteroatoms. The van der Waals surface area contributed by atoms with Gasteiger partial charge in [0.05, 0.1) is 24.2 Å². The van der Waals surface area contributed by atoms with E-state index in [1.165, 1.54) is 6.33 Å². The van der Waals surface area contributed by atoms with Crippen LogP contribution in [-0.2, 0) is 4.79 Å². The molecular formula is C18H19Cl2N7O. The van der Waals surface area contributed by atoms with Crippen LogP contribution in [0.3, 0.4) is 0 Å². The Morgan fingerprint density at radius 3 is 2.86 bits per heavy atom. The van der Waals surface area contributed by atoms with Gasteiger partial charge in [-0.1, -0.05) is 23.2 Å². The van der Waals surface area contributed by atoms with E-state index in [0.29, 0.717) is 23.1 Å². The predicted molar refractivity (Wildman–Crippen MR) is 109 cm³/mol. The largest absolute Gasteiger partial charge is 0.376 e. The second-order valence-corrected chi connectivity index (χ2v) is 7.58. The molecule has 0 aliphatic carbocycles. The third kappa shape index (κ3) is 3.83. The summed E-state index contributed by atoms with van der Waals surface area (Å²) in [5.41, 5.74) is 1.48. The van der Waals surface area contributed by atoms with Crippen molar-refractivity contribution in [2.75, 3.05) is 37.0 Å². The first-order valence-corrected chi connectivity index (χ1v) is 9.61. The molecule has 146 valence electrons. The maximum atomic E-state index is 12.6. The van der Waals surface area contributed by atoms with Crippen molar-refractivity contribution >= 4 is 45.8 Å². The van der Waals surface area contributed by atoms with Gasteiger partial charge in [0.1, 0.15) is 6.33 Å². The number of halogens is 2. The van der Waals surface area contributed by atoms with E-state index < -0.39 is 0 Å². The van der Waals surface area contributed by atoms with Crippen molar-refractivity contribution in [3.05, 3.63) is 47.0 Å². The number of benzene rings is 1. The summed E-state index contributed by atoms with van der Waals surface area (Å²) in [5, 5.41) is 11.4. The number of nitrogens with one attached hydrogen (secondary N) is 1. The van der Waals surface area contributed by atoms with E-state index in [1.54, 1.807) is 35.4 Å². The van der Waals surface area contributed by atoms with E-state index in [9.17, 15) is 4.79 Å². The third-order valence-corrected chi connectivity index (χ3v) is 5.30. The van der Waals surface area contributed by atoms with Crippen molar-refractivity contribution in [1.82, 2.24) is 24.8 Å². The number of aromatic nitrogens is 4. The highest BCUT2D eigenvalue weighted by atomic mass is 35.5. The zero-order valence-electron chi connectivity index (χ0n) is 15.2. The highest BCUT2D eigenvalue weighted by Gasteiger charge is 2.30. The van der Waals surface area contributed by atoms with Crippen LogP contribution in [0.2, 0.25) is 10.0 Å². The number of amides is 1. The van der Waals surface area contributed by atoms with Gasteiger partial charge in [0, 0.05) is 42.1 Å². The molecule has 8 nitrogen and oxygen atoms in total. The summed E-state index contributed by atoms with van der Waals surface area (Å²) in [6.07, 6.45) is 5.84. The van der Waals surface area contributed by atoms with Gasteiger partial charge in [-0.3, -0.25) is 9.80 Å². The molecule has 0 radical (unpaired) electrons. The number of likely N-dealkylation sites (N-methyl/N-ethyl adjacent to an activating group) is 1. The fourth-order valence-corrected chi connectivity index (χ4v) is 3.89. The molecule has 3 heterocycles. The maximum absolute atomic E-state index is 12.6. The molecule has 4 rings (SSSR count). The second kappa shape index (κ2) is 7.81. The minimum absolute atomic E-state index is 0.0275. The summed E-state index contributed by atoms with van der Waals surface area (Å²) in [6, 6.07) is 5.29. The number of nitrogens with zero attached hydrogens (tertiary/aromatic N) is 6. The first kappa shape index (κ1) is 18.8. The lowest BCUT2D eigenvalue weighted by Gasteiger charge is -2.26. The van der Waals surface area contributed by atoms with Gasteiger partial charge in [-0.25, -0.2) is 9.97 Å². The first-order chi connectivity index (χ1) is 13.5. The Bertz CT molecular complexity index is 988. The van der Waals surface area contributed by atoms with E-state index in [0.717, 1.165) is 23.1 Å². The van der Waals surface area contributed by atoms with Crippen LogP contribution in [0.25, 0.3) is 11.0 Å². The number of carbonyl (C=O) groups excluding carboxylic acids is 1. The average molecular weight is 420 g/mol. The lowest BCUT2D eigenvalue weighted by Crippen LogP contribution is -2.44. The summed E-state index contributed by atoms with van der Waals surface area (Å²) >= 11 is 12.0. The second-order valence-electron chi connectivity index (χ2n) is 6.70. The Labute approximate surface area is 172 Å². The van der Waals surface area contributed by atoms with Crippen LogP contribution in [0.4, 0.5) is 5.69 Å². The average Bonchev–Trinajstić information content (AvgIpc) is 3.32. The Hall–Kier alpha value is -2.58. The van der Waals surface area contributed by atoms with E-state index in [4.69, 9.17) is 23.2 Å². The number of likely N-dealkylation sites (tertiary alicyclic amines) is 1. The molecule has 1 saturated heterocycles. The SMILES string of the molecule is CN([C@@H]1CCN(C(=O)CNc2cc(Cl)cc(Cl)c2)C1)n1ncc2cncnc21. The summed E-state index contributed by atoms with van der Waals surface area (Å²) in [6.45, 7) is 1.50. The van der Waals surface area contributed by atoms with E-state index in [-0.39, 0.29) is 18.5 Å². The monoisotopic (exact) mass is 419 g/mol. The molecule has 1 amide bonds. The van der Waals surface area contributed by atoms with Crippen LogP contribution in [-0.4, -0.2) is 63.4 Å². The summed E-state index contributed by atoms with van der Waals surface area (Å²) in [7, 11) is 1.96. The van der Waals surface area contributed by atoms with Crippen LogP contribution < -0.4 is 10.3 Å². The van der Waals surface area contributed by atoms with Crippen molar-refractivity contribution in [3.63, 3.8) is 0 Å². The summed E-state index contributed by atoms with van der Waals surface area (Å²) < 4.78 is 0. The minimum atomic E-state index is 0.0275. The number of hydrogen-bond acceptors (Lipinski definition) is 6. The minimum Gasteiger partial charge on any atom is -0.376 e. The molecule has 28 heavy (non-hydrogen) atoms. The van der Waals surface area contributed by atoms with Gasteiger partial charge in [-0.05, 0) is 24.6 Å². The van der Waals surface area contributed by atoms with Gasteiger partial charge < -0.3 is 10.2 Å².